The van der Waals surface area contributed by atoms with E-state index in [0.29, 0.717) is 6.54 Å². The largest absolute Gasteiger partial charge is 0.464 e. The molecule has 0 fully saturated rings. The lowest BCUT2D eigenvalue weighted by Crippen LogP contribution is -2.27. The highest BCUT2D eigenvalue weighted by Gasteiger charge is 2.11. The van der Waals surface area contributed by atoms with E-state index in [1.165, 1.54) is 0 Å². The Balaban J connectivity index is 3.72. The molecule has 0 aliphatic heterocycles. The van der Waals surface area contributed by atoms with Gasteiger partial charge in [0.1, 0.15) is 6.61 Å². The number of nitrogens with one attached hydrogen (secondary N) is 1. The normalized spacial score (nSPS) is 13.1. The predicted octanol–water partition coefficient (Wildman–Crippen LogP) is 2.16. The summed E-state index contributed by atoms with van der Waals surface area (Å²) in [6, 6.07) is -0.385. The summed E-state index contributed by atoms with van der Waals surface area (Å²) in [5, 5.41) is 2.56. The van der Waals surface area contributed by atoms with Crippen LogP contribution in [0.2, 0.25) is 0 Å². The van der Waals surface area contributed by atoms with Gasteiger partial charge in [-0.15, -0.1) is 0 Å². The van der Waals surface area contributed by atoms with E-state index in [2.05, 4.69) is 10.3 Å². The zero-order valence-electron chi connectivity index (χ0n) is 11.1. The van der Waals surface area contributed by atoms with Crippen molar-refractivity contribution in [2.75, 3.05) is 13.2 Å². The first kappa shape index (κ1) is 15.6. The Labute approximate surface area is 103 Å². The van der Waals surface area contributed by atoms with Gasteiger partial charge in [-0.05, 0) is 19.8 Å². The lowest BCUT2D eigenvalue weighted by Gasteiger charge is -2.09. The molecule has 0 aromatic carbocycles. The Morgan fingerprint density at radius 3 is 2.53 bits per heavy atom. The molecule has 0 heterocycles. The zero-order chi connectivity index (χ0) is 13.3. The number of esters is 1. The zero-order valence-corrected chi connectivity index (χ0v) is 11.1. The molecule has 0 aromatic rings. The molecular formula is C12H22N2O3. The van der Waals surface area contributed by atoms with E-state index < -0.39 is 0 Å². The van der Waals surface area contributed by atoms with E-state index in [0.717, 1.165) is 18.6 Å². The van der Waals surface area contributed by atoms with Gasteiger partial charge in [-0.1, -0.05) is 20.8 Å². The number of hydrogen-bond donors (Lipinski definition) is 1. The van der Waals surface area contributed by atoms with Crippen LogP contribution < -0.4 is 5.32 Å². The maximum absolute atomic E-state index is 11.3. The number of rotatable bonds is 6. The first-order valence-corrected chi connectivity index (χ1v) is 5.99. The highest BCUT2D eigenvalue weighted by Crippen LogP contribution is 2.02. The average Bonchev–Trinajstić information content (AvgIpc) is 2.32. The molecule has 0 saturated carbocycles. The van der Waals surface area contributed by atoms with Gasteiger partial charge < -0.3 is 10.1 Å². The van der Waals surface area contributed by atoms with Crippen LogP contribution in [0.4, 0.5) is 4.79 Å². The van der Waals surface area contributed by atoms with Crippen molar-refractivity contribution < 1.29 is 14.3 Å². The molecule has 1 N–H and O–H groups in total. The average molecular weight is 242 g/mol. The molecule has 0 spiro atoms. The third-order valence-electron chi connectivity index (χ3n) is 2.44. The van der Waals surface area contributed by atoms with Gasteiger partial charge in [-0.3, -0.25) is 4.79 Å². The molecule has 5 heteroatoms. The van der Waals surface area contributed by atoms with Crippen molar-refractivity contribution in [2.24, 2.45) is 10.9 Å². The van der Waals surface area contributed by atoms with Crippen LogP contribution in [0.5, 0.6) is 0 Å². The summed E-state index contributed by atoms with van der Waals surface area (Å²) in [5.41, 5.74) is 0.777. The summed E-state index contributed by atoms with van der Waals surface area (Å²) in [6.45, 7) is 7.95. The van der Waals surface area contributed by atoms with Crippen LogP contribution in [0.15, 0.2) is 4.99 Å². The summed E-state index contributed by atoms with van der Waals surface area (Å²) in [4.78, 5) is 26.3. The standard InChI is InChI=1S/C12H22N2O3/c1-5-9(3)11(15)17-8-7-13-12(16)14-10(4)6-2/h9H,5-8H2,1-4H3,(H,13,16)/b14-10+. The molecule has 2 amide bonds. The molecule has 17 heavy (non-hydrogen) atoms. The summed E-state index contributed by atoms with van der Waals surface area (Å²) in [7, 11) is 0. The molecule has 0 aliphatic rings. The second-order valence-corrected chi connectivity index (χ2v) is 3.91. The molecule has 1 atom stereocenters. The smallest absolute Gasteiger partial charge is 0.340 e. The number of aliphatic imine (C=N–C) groups is 1. The van der Waals surface area contributed by atoms with Crippen molar-refractivity contribution in [3.05, 3.63) is 0 Å². The fourth-order valence-electron chi connectivity index (χ4n) is 0.910. The SMILES string of the molecule is CC/C(C)=N/C(=O)NCCOC(=O)C(C)CC. The van der Waals surface area contributed by atoms with Crippen molar-refractivity contribution in [1.29, 1.82) is 0 Å². The first-order valence-electron chi connectivity index (χ1n) is 5.99. The van der Waals surface area contributed by atoms with Gasteiger partial charge >= 0.3 is 12.0 Å². The summed E-state index contributed by atoms with van der Waals surface area (Å²) in [6.07, 6.45) is 1.50. The lowest BCUT2D eigenvalue weighted by atomic mass is 10.1. The Hall–Kier alpha value is -1.39. The van der Waals surface area contributed by atoms with Gasteiger partial charge in [0, 0.05) is 5.71 Å². The van der Waals surface area contributed by atoms with Gasteiger partial charge in [0.25, 0.3) is 0 Å². The minimum atomic E-state index is -0.385. The van der Waals surface area contributed by atoms with Crippen molar-refractivity contribution in [2.45, 2.75) is 40.5 Å². The molecule has 0 rings (SSSR count). The van der Waals surface area contributed by atoms with Crippen molar-refractivity contribution >= 4 is 17.7 Å². The van der Waals surface area contributed by atoms with Gasteiger partial charge in [0.05, 0.1) is 12.5 Å². The molecule has 1 unspecified atom stereocenters. The maximum atomic E-state index is 11.3. The molecule has 0 saturated heterocycles. The maximum Gasteiger partial charge on any atom is 0.340 e. The second kappa shape index (κ2) is 8.73. The van der Waals surface area contributed by atoms with Crippen LogP contribution in [-0.2, 0) is 9.53 Å². The van der Waals surface area contributed by atoms with Crippen molar-refractivity contribution in [1.82, 2.24) is 5.32 Å². The Kier molecular flexibility index (Phi) is 8.01. The number of urea groups is 1. The topological polar surface area (TPSA) is 67.8 Å². The van der Waals surface area contributed by atoms with E-state index in [1.807, 2.05) is 20.8 Å². The van der Waals surface area contributed by atoms with Crippen molar-refractivity contribution in [3.63, 3.8) is 0 Å². The highest BCUT2D eigenvalue weighted by molar-refractivity contribution is 5.93. The Bertz CT molecular complexity index is 287. The van der Waals surface area contributed by atoms with Crippen LogP contribution in [0.3, 0.4) is 0 Å². The second-order valence-electron chi connectivity index (χ2n) is 3.91. The Morgan fingerprint density at radius 2 is 2.00 bits per heavy atom. The van der Waals surface area contributed by atoms with Crippen molar-refractivity contribution in [3.8, 4) is 0 Å². The van der Waals surface area contributed by atoms with E-state index in [4.69, 9.17) is 4.74 Å². The third kappa shape index (κ3) is 7.49. The molecule has 0 bridgehead atoms. The molecular weight excluding hydrogens is 220 g/mol. The summed E-state index contributed by atoms with van der Waals surface area (Å²) < 4.78 is 4.97. The number of hydrogen-bond acceptors (Lipinski definition) is 3. The quantitative estimate of drug-likeness (QED) is 0.441. The van der Waals surface area contributed by atoms with Crippen LogP contribution in [0, 0.1) is 5.92 Å². The number of nitrogens with zero attached hydrogens (tertiary/aromatic N) is 1. The minimum Gasteiger partial charge on any atom is -0.464 e. The fourth-order valence-corrected chi connectivity index (χ4v) is 0.910. The van der Waals surface area contributed by atoms with Gasteiger partial charge in [-0.2, -0.15) is 0 Å². The minimum absolute atomic E-state index is 0.0916. The number of amides is 2. The monoisotopic (exact) mass is 242 g/mol. The molecule has 0 radical (unpaired) electrons. The van der Waals surface area contributed by atoms with E-state index in [-0.39, 0.29) is 24.5 Å². The summed E-state index contributed by atoms with van der Waals surface area (Å²) in [5.74, 6) is -0.318. The molecule has 0 aliphatic carbocycles. The molecule has 0 aromatic heterocycles. The van der Waals surface area contributed by atoms with Crippen LogP contribution in [0.25, 0.3) is 0 Å². The predicted molar refractivity (Wildman–Crippen MR) is 67.2 cm³/mol. The van der Waals surface area contributed by atoms with Gasteiger partial charge in [-0.25, -0.2) is 9.79 Å². The van der Waals surface area contributed by atoms with E-state index in [9.17, 15) is 9.59 Å². The van der Waals surface area contributed by atoms with Crippen LogP contribution in [0.1, 0.15) is 40.5 Å². The van der Waals surface area contributed by atoms with Gasteiger partial charge in [0.2, 0.25) is 0 Å². The van der Waals surface area contributed by atoms with Crippen LogP contribution in [-0.4, -0.2) is 30.9 Å². The molecule has 5 nitrogen and oxygen atoms in total. The Morgan fingerprint density at radius 1 is 1.35 bits per heavy atom. The van der Waals surface area contributed by atoms with E-state index >= 15 is 0 Å². The first-order chi connectivity index (χ1) is 8.01. The summed E-state index contributed by atoms with van der Waals surface area (Å²) >= 11 is 0. The van der Waals surface area contributed by atoms with Gasteiger partial charge in [0.15, 0.2) is 0 Å². The third-order valence-corrected chi connectivity index (χ3v) is 2.44. The molecule has 98 valence electrons. The lowest BCUT2D eigenvalue weighted by molar-refractivity contribution is -0.147. The highest BCUT2D eigenvalue weighted by atomic mass is 16.5. The fraction of sp³-hybridized carbons (Fsp3) is 0.750. The number of carbonyl (C=O) groups excluding carboxylic acids is 2. The number of carbonyl (C=O) groups is 2. The van der Waals surface area contributed by atoms with Crippen LogP contribution >= 0.6 is 0 Å². The van der Waals surface area contributed by atoms with E-state index in [1.54, 1.807) is 6.92 Å². The number of ether oxygens (including phenoxy) is 1.